The van der Waals surface area contributed by atoms with Gasteiger partial charge in [-0.25, -0.2) is 0 Å². The van der Waals surface area contributed by atoms with E-state index in [2.05, 4.69) is 10.6 Å². The largest absolute Gasteiger partial charge is 0.497 e. The van der Waals surface area contributed by atoms with Crippen LogP contribution < -0.4 is 20.1 Å². The Morgan fingerprint density at radius 2 is 1.62 bits per heavy atom. The van der Waals surface area contributed by atoms with Gasteiger partial charge in [0.15, 0.2) is 0 Å². The van der Waals surface area contributed by atoms with Crippen molar-refractivity contribution in [3.63, 3.8) is 0 Å². The van der Waals surface area contributed by atoms with E-state index in [-0.39, 0.29) is 30.1 Å². The fraction of sp³-hybridized carbons (Fsp3) is 0.556. The molecule has 1 unspecified atom stereocenters. The maximum atomic E-state index is 12.8. The Hall–Kier alpha value is -1.99. The van der Waals surface area contributed by atoms with Crippen LogP contribution in [0.1, 0.15) is 24.2 Å². The second-order valence-electron chi connectivity index (χ2n) is 6.37. The van der Waals surface area contributed by atoms with Gasteiger partial charge in [0.25, 0.3) is 5.91 Å². The lowest BCUT2D eigenvalue weighted by molar-refractivity contribution is -0.134. The molecule has 0 aliphatic carbocycles. The van der Waals surface area contributed by atoms with Crippen LogP contribution in [0.15, 0.2) is 18.2 Å². The molecule has 1 saturated heterocycles. The highest BCUT2D eigenvalue weighted by molar-refractivity contribution is 5.98. The van der Waals surface area contributed by atoms with Crippen LogP contribution in [0.2, 0.25) is 0 Å². The highest BCUT2D eigenvalue weighted by atomic mass is 35.5. The molecule has 2 amide bonds. The number of methoxy groups -OCH3 is 2. The summed E-state index contributed by atoms with van der Waals surface area (Å²) < 4.78 is 10.4. The number of hydrogen-bond acceptors (Lipinski definition) is 5. The average molecular weight is 386 g/mol. The number of carbonyl (C=O) groups excluding carboxylic acids is 2. The van der Waals surface area contributed by atoms with Crippen molar-refractivity contribution in [3.8, 4) is 11.5 Å². The Bertz CT molecular complexity index is 596. The second-order valence-corrected chi connectivity index (χ2v) is 6.37. The first-order valence-electron chi connectivity index (χ1n) is 8.49. The van der Waals surface area contributed by atoms with E-state index in [0.717, 1.165) is 13.1 Å². The van der Waals surface area contributed by atoms with Gasteiger partial charge >= 0.3 is 0 Å². The van der Waals surface area contributed by atoms with Crippen LogP contribution >= 0.6 is 12.4 Å². The van der Waals surface area contributed by atoms with E-state index in [1.54, 1.807) is 23.1 Å². The molecule has 0 aromatic heterocycles. The molecule has 0 spiro atoms. The van der Waals surface area contributed by atoms with Gasteiger partial charge in [0, 0.05) is 37.8 Å². The van der Waals surface area contributed by atoms with Gasteiger partial charge in [-0.1, -0.05) is 13.8 Å². The van der Waals surface area contributed by atoms with E-state index in [1.807, 2.05) is 13.8 Å². The number of hydrogen-bond donors (Lipinski definition) is 2. The Morgan fingerprint density at radius 1 is 1.08 bits per heavy atom. The van der Waals surface area contributed by atoms with E-state index in [4.69, 9.17) is 9.47 Å². The normalized spacial score (nSPS) is 15.0. The Labute approximate surface area is 160 Å². The summed E-state index contributed by atoms with van der Waals surface area (Å²) in [6.45, 7) is 6.72. The molecule has 1 aromatic rings. The Balaban J connectivity index is 0.00000338. The van der Waals surface area contributed by atoms with Crippen LogP contribution in [0, 0.1) is 5.92 Å². The molecule has 26 heavy (non-hydrogen) atoms. The smallest absolute Gasteiger partial charge is 0.252 e. The number of nitrogens with one attached hydrogen (secondary N) is 2. The number of halogens is 1. The third-order valence-corrected chi connectivity index (χ3v) is 4.26. The summed E-state index contributed by atoms with van der Waals surface area (Å²) >= 11 is 0. The van der Waals surface area contributed by atoms with E-state index in [0.29, 0.717) is 30.2 Å². The molecule has 146 valence electrons. The molecule has 1 aliphatic heterocycles. The fourth-order valence-corrected chi connectivity index (χ4v) is 2.76. The van der Waals surface area contributed by atoms with Gasteiger partial charge in [-0.2, -0.15) is 0 Å². The summed E-state index contributed by atoms with van der Waals surface area (Å²) in [5.41, 5.74) is 0.398. The zero-order valence-corrected chi connectivity index (χ0v) is 16.5. The minimum absolute atomic E-state index is 0. The highest BCUT2D eigenvalue weighted by Gasteiger charge is 2.29. The zero-order valence-electron chi connectivity index (χ0n) is 15.7. The summed E-state index contributed by atoms with van der Waals surface area (Å²) in [6, 6.07) is 4.39. The number of carbonyl (C=O) groups is 2. The number of benzene rings is 1. The van der Waals surface area contributed by atoms with Crippen LogP contribution in [0.4, 0.5) is 0 Å². The van der Waals surface area contributed by atoms with Crippen LogP contribution in [0.5, 0.6) is 11.5 Å². The molecule has 1 aromatic carbocycles. The Morgan fingerprint density at radius 3 is 2.08 bits per heavy atom. The number of amides is 2. The van der Waals surface area contributed by atoms with Gasteiger partial charge in [-0.05, 0) is 18.1 Å². The van der Waals surface area contributed by atoms with Crippen molar-refractivity contribution in [1.82, 2.24) is 15.5 Å². The van der Waals surface area contributed by atoms with Crippen molar-refractivity contribution in [2.24, 2.45) is 5.92 Å². The molecule has 0 radical (unpaired) electrons. The van der Waals surface area contributed by atoms with E-state index < -0.39 is 6.04 Å². The first kappa shape index (κ1) is 22.1. The number of ether oxygens (including phenoxy) is 2. The molecule has 0 bridgehead atoms. The standard InChI is InChI=1S/C18H27N3O4.ClH/c1-12(2)16(18(23)21-7-5-19-6-8-21)20-17(22)13-9-14(24-3)11-15(10-13)25-4;/h9-12,16,19H,5-8H2,1-4H3,(H,20,22);1H. The molecule has 0 saturated carbocycles. The minimum Gasteiger partial charge on any atom is -0.497 e. The van der Waals surface area contributed by atoms with Gasteiger partial charge in [-0.3, -0.25) is 9.59 Å². The number of piperazine rings is 1. The molecule has 7 nitrogen and oxygen atoms in total. The maximum Gasteiger partial charge on any atom is 0.252 e. The highest BCUT2D eigenvalue weighted by Crippen LogP contribution is 2.22. The van der Waals surface area contributed by atoms with E-state index >= 15 is 0 Å². The zero-order chi connectivity index (χ0) is 18.4. The molecule has 8 heteroatoms. The predicted octanol–water partition coefficient (Wildman–Crippen LogP) is 1.31. The van der Waals surface area contributed by atoms with Crippen molar-refractivity contribution in [3.05, 3.63) is 23.8 Å². The second kappa shape index (κ2) is 10.2. The lowest BCUT2D eigenvalue weighted by atomic mass is 10.0. The first-order chi connectivity index (χ1) is 12.0. The van der Waals surface area contributed by atoms with Crippen LogP contribution in [-0.4, -0.2) is 63.2 Å². The van der Waals surface area contributed by atoms with Gasteiger partial charge in [-0.15, -0.1) is 12.4 Å². The van der Waals surface area contributed by atoms with Crippen molar-refractivity contribution >= 4 is 24.2 Å². The minimum atomic E-state index is -0.567. The SMILES string of the molecule is COc1cc(OC)cc(C(=O)NC(C(=O)N2CCNCC2)C(C)C)c1.Cl. The third-order valence-electron chi connectivity index (χ3n) is 4.26. The number of rotatable bonds is 6. The topological polar surface area (TPSA) is 79.9 Å². The molecular formula is C18H28ClN3O4. The molecule has 1 fully saturated rings. The van der Waals surface area contributed by atoms with Gasteiger partial charge in [0.05, 0.1) is 14.2 Å². The number of nitrogens with zero attached hydrogens (tertiary/aromatic N) is 1. The van der Waals surface area contributed by atoms with Gasteiger partial charge in [0.2, 0.25) is 5.91 Å². The lowest BCUT2D eigenvalue weighted by Gasteiger charge is -2.32. The van der Waals surface area contributed by atoms with Crippen molar-refractivity contribution in [2.75, 3.05) is 40.4 Å². The van der Waals surface area contributed by atoms with Crippen molar-refractivity contribution in [2.45, 2.75) is 19.9 Å². The third kappa shape index (κ3) is 5.51. The van der Waals surface area contributed by atoms with E-state index in [1.165, 1.54) is 14.2 Å². The summed E-state index contributed by atoms with van der Waals surface area (Å²) in [5.74, 6) is 0.677. The first-order valence-corrected chi connectivity index (χ1v) is 8.49. The van der Waals surface area contributed by atoms with Crippen LogP contribution in [-0.2, 0) is 4.79 Å². The van der Waals surface area contributed by atoms with Crippen LogP contribution in [0.25, 0.3) is 0 Å². The molecule has 1 atom stereocenters. The quantitative estimate of drug-likeness (QED) is 0.771. The predicted molar refractivity (Wildman–Crippen MR) is 102 cm³/mol. The molecule has 1 heterocycles. The molecule has 1 aliphatic rings. The monoisotopic (exact) mass is 385 g/mol. The van der Waals surface area contributed by atoms with E-state index in [9.17, 15) is 9.59 Å². The summed E-state index contributed by atoms with van der Waals surface area (Å²) in [7, 11) is 3.06. The maximum absolute atomic E-state index is 12.8. The molecule has 2 N–H and O–H groups in total. The van der Waals surface area contributed by atoms with Crippen molar-refractivity contribution in [1.29, 1.82) is 0 Å². The van der Waals surface area contributed by atoms with Gasteiger partial charge < -0.3 is 25.0 Å². The molecule has 2 rings (SSSR count). The summed E-state index contributed by atoms with van der Waals surface area (Å²) in [5, 5.41) is 6.09. The fourth-order valence-electron chi connectivity index (χ4n) is 2.76. The van der Waals surface area contributed by atoms with Gasteiger partial charge in [0.1, 0.15) is 17.5 Å². The van der Waals surface area contributed by atoms with Crippen molar-refractivity contribution < 1.29 is 19.1 Å². The molecular weight excluding hydrogens is 358 g/mol. The van der Waals surface area contributed by atoms with Crippen LogP contribution in [0.3, 0.4) is 0 Å². The lowest BCUT2D eigenvalue weighted by Crippen LogP contribution is -2.55. The Kier molecular flexibility index (Phi) is 8.68. The average Bonchev–Trinajstić information content (AvgIpc) is 2.65. The summed E-state index contributed by atoms with van der Waals surface area (Å²) in [6.07, 6.45) is 0. The summed E-state index contributed by atoms with van der Waals surface area (Å²) in [4.78, 5) is 27.3.